The largest absolute Gasteiger partial charge is 0.493 e. The summed E-state index contributed by atoms with van der Waals surface area (Å²) in [6.07, 6.45) is -0.129. The van der Waals surface area contributed by atoms with E-state index in [9.17, 15) is 13.6 Å². The van der Waals surface area contributed by atoms with Gasteiger partial charge >= 0.3 is 5.97 Å². The van der Waals surface area contributed by atoms with Crippen molar-refractivity contribution in [2.75, 3.05) is 7.11 Å². The van der Waals surface area contributed by atoms with Crippen LogP contribution in [0.4, 0.5) is 8.78 Å². The second-order valence-electron chi connectivity index (χ2n) is 3.65. The van der Waals surface area contributed by atoms with E-state index in [-0.39, 0.29) is 28.6 Å². The van der Waals surface area contributed by atoms with Crippen LogP contribution < -0.4 is 10.5 Å². The summed E-state index contributed by atoms with van der Waals surface area (Å²) < 4.78 is 31.6. The molecule has 0 aliphatic carbocycles. The average Bonchev–Trinajstić information content (AvgIpc) is 2.32. The number of nitrogens with two attached hydrogens (primary N) is 1. The maximum atomic E-state index is 13.7. The summed E-state index contributed by atoms with van der Waals surface area (Å²) in [5.41, 5.74) is 5.82. The highest BCUT2D eigenvalue weighted by Crippen LogP contribution is 2.35. The van der Waals surface area contributed by atoms with Crippen molar-refractivity contribution in [3.8, 4) is 5.75 Å². The molecule has 18 heavy (non-hydrogen) atoms. The quantitative estimate of drug-likeness (QED) is 0.817. The molecular formula is C11H12BrF2NO3. The molecule has 1 unspecified atom stereocenters. The molecule has 0 aliphatic rings. The lowest BCUT2D eigenvalue weighted by atomic mass is 10.0. The van der Waals surface area contributed by atoms with Crippen LogP contribution in [0, 0.1) is 11.6 Å². The molecule has 0 aliphatic heterocycles. The third-order valence-electron chi connectivity index (χ3n) is 2.42. The Morgan fingerprint density at radius 3 is 2.72 bits per heavy atom. The van der Waals surface area contributed by atoms with E-state index < -0.39 is 23.6 Å². The van der Waals surface area contributed by atoms with Crippen LogP contribution in [0.3, 0.4) is 0 Å². The van der Waals surface area contributed by atoms with Gasteiger partial charge in [0.05, 0.1) is 11.6 Å². The highest BCUT2D eigenvalue weighted by molar-refractivity contribution is 9.10. The number of benzene rings is 1. The summed E-state index contributed by atoms with van der Waals surface area (Å²) in [5, 5.41) is 8.55. The molecule has 1 rings (SSSR count). The zero-order valence-corrected chi connectivity index (χ0v) is 11.1. The molecule has 0 heterocycles. The molecule has 1 aromatic rings. The van der Waals surface area contributed by atoms with E-state index in [4.69, 9.17) is 15.6 Å². The Labute approximate surface area is 111 Å². The van der Waals surface area contributed by atoms with Gasteiger partial charge in [0.1, 0.15) is 5.82 Å². The summed E-state index contributed by atoms with van der Waals surface area (Å²) in [6, 6.07) is 0.228. The van der Waals surface area contributed by atoms with Gasteiger partial charge in [0.25, 0.3) is 0 Å². The fourth-order valence-corrected chi connectivity index (χ4v) is 1.81. The Morgan fingerprint density at radius 1 is 1.61 bits per heavy atom. The first-order valence-corrected chi connectivity index (χ1v) is 5.86. The first-order valence-electron chi connectivity index (χ1n) is 5.07. The van der Waals surface area contributed by atoms with Crippen molar-refractivity contribution in [1.82, 2.24) is 0 Å². The molecule has 0 bridgehead atoms. The average molecular weight is 324 g/mol. The zero-order valence-electron chi connectivity index (χ0n) is 9.54. The number of methoxy groups -OCH3 is 1. The van der Waals surface area contributed by atoms with Crippen LogP contribution in [0.25, 0.3) is 0 Å². The number of carboxylic acids is 1. The van der Waals surface area contributed by atoms with Gasteiger partial charge in [-0.1, -0.05) is 0 Å². The fourth-order valence-electron chi connectivity index (χ4n) is 1.51. The van der Waals surface area contributed by atoms with E-state index in [1.54, 1.807) is 0 Å². The molecule has 100 valence electrons. The van der Waals surface area contributed by atoms with E-state index >= 15 is 0 Å². The summed E-state index contributed by atoms with van der Waals surface area (Å²) >= 11 is 2.75. The molecule has 7 heteroatoms. The maximum absolute atomic E-state index is 13.7. The molecule has 0 radical (unpaired) electrons. The zero-order chi connectivity index (χ0) is 13.9. The van der Waals surface area contributed by atoms with Crippen molar-refractivity contribution < 1.29 is 23.4 Å². The summed E-state index contributed by atoms with van der Waals surface area (Å²) in [4.78, 5) is 10.4. The van der Waals surface area contributed by atoms with Crippen LogP contribution in [0.5, 0.6) is 5.75 Å². The van der Waals surface area contributed by atoms with E-state index in [0.29, 0.717) is 0 Å². The Kier molecular flexibility index (Phi) is 5.03. The first-order chi connectivity index (χ1) is 8.38. The monoisotopic (exact) mass is 323 g/mol. The van der Waals surface area contributed by atoms with Crippen LogP contribution in [0.15, 0.2) is 10.5 Å². The number of ether oxygens (including phenoxy) is 1. The maximum Gasteiger partial charge on any atom is 0.303 e. The molecular weight excluding hydrogens is 312 g/mol. The van der Waals surface area contributed by atoms with Gasteiger partial charge in [0.15, 0.2) is 11.6 Å². The third-order valence-corrected chi connectivity index (χ3v) is 3.15. The number of carboxylic acid groups (broad SMARTS) is 1. The van der Waals surface area contributed by atoms with Gasteiger partial charge in [-0.15, -0.1) is 0 Å². The molecule has 4 nitrogen and oxygen atoms in total. The number of aliphatic carboxylic acids is 1. The Balaban J connectivity index is 3.11. The van der Waals surface area contributed by atoms with Crippen molar-refractivity contribution in [1.29, 1.82) is 0 Å². The number of halogens is 3. The summed E-state index contributed by atoms with van der Waals surface area (Å²) in [5.74, 6) is -2.91. The lowest BCUT2D eigenvalue weighted by molar-refractivity contribution is -0.137. The molecule has 1 aromatic carbocycles. The lowest BCUT2D eigenvalue weighted by Crippen LogP contribution is -2.14. The van der Waals surface area contributed by atoms with Crippen LogP contribution in [0.1, 0.15) is 24.4 Å². The second kappa shape index (κ2) is 6.10. The number of hydrogen-bond acceptors (Lipinski definition) is 3. The predicted octanol–water partition coefficient (Wildman–Crippen LogP) is 2.60. The molecule has 0 fully saturated rings. The Morgan fingerprint density at radius 2 is 2.22 bits per heavy atom. The van der Waals surface area contributed by atoms with E-state index in [1.165, 1.54) is 7.11 Å². The van der Waals surface area contributed by atoms with Crippen molar-refractivity contribution in [3.05, 3.63) is 27.7 Å². The minimum Gasteiger partial charge on any atom is -0.493 e. The molecule has 0 saturated carbocycles. The normalized spacial score (nSPS) is 12.3. The minimum absolute atomic E-state index is 0.0617. The van der Waals surface area contributed by atoms with E-state index in [1.807, 2.05) is 0 Å². The van der Waals surface area contributed by atoms with Crippen LogP contribution in [-0.4, -0.2) is 18.2 Å². The van der Waals surface area contributed by atoms with Gasteiger partial charge in [0.2, 0.25) is 0 Å². The SMILES string of the molecule is COc1c(C(N)CCC(=O)O)cc(F)c(Br)c1F. The van der Waals surface area contributed by atoms with Crippen molar-refractivity contribution >= 4 is 21.9 Å². The fraction of sp³-hybridized carbons (Fsp3) is 0.364. The van der Waals surface area contributed by atoms with E-state index in [2.05, 4.69) is 15.9 Å². The van der Waals surface area contributed by atoms with Crippen molar-refractivity contribution in [2.45, 2.75) is 18.9 Å². The minimum atomic E-state index is -1.03. The van der Waals surface area contributed by atoms with Gasteiger partial charge in [-0.2, -0.15) is 0 Å². The standard InChI is InChI=1S/C11H12BrF2NO3/c1-18-11-5(7(15)2-3-8(16)17)4-6(13)9(12)10(11)14/h4,7H,2-3,15H2,1H3,(H,16,17). The topological polar surface area (TPSA) is 72.5 Å². The molecule has 0 amide bonds. The molecule has 0 spiro atoms. The highest BCUT2D eigenvalue weighted by atomic mass is 79.9. The second-order valence-corrected chi connectivity index (χ2v) is 4.44. The highest BCUT2D eigenvalue weighted by Gasteiger charge is 2.21. The van der Waals surface area contributed by atoms with Gasteiger partial charge in [-0.25, -0.2) is 8.78 Å². The molecule has 1 atom stereocenters. The Hall–Kier alpha value is -1.21. The van der Waals surface area contributed by atoms with Crippen LogP contribution in [0.2, 0.25) is 0 Å². The lowest BCUT2D eigenvalue weighted by Gasteiger charge is -2.16. The molecule has 0 saturated heterocycles. The van der Waals surface area contributed by atoms with Crippen LogP contribution >= 0.6 is 15.9 Å². The third kappa shape index (κ3) is 3.17. The smallest absolute Gasteiger partial charge is 0.303 e. The van der Waals surface area contributed by atoms with Crippen LogP contribution in [-0.2, 0) is 4.79 Å². The Bertz CT molecular complexity index is 468. The summed E-state index contributed by atoms with van der Waals surface area (Å²) in [6.45, 7) is 0. The van der Waals surface area contributed by atoms with Crippen molar-refractivity contribution in [3.63, 3.8) is 0 Å². The molecule has 3 N–H and O–H groups in total. The van der Waals surface area contributed by atoms with Gasteiger partial charge in [-0.05, 0) is 28.4 Å². The molecule has 0 aromatic heterocycles. The summed E-state index contributed by atoms with van der Waals surface area (Å²) in [7, 11) is 1.23. The van der Waals surface area contributed by atoms with Crippen molar-refractivity contribution in [2.24, 2.45) is 5.73 Å². The number of rotatable bonds is 5. The van der Waals surface area contributed by atoms with E-state index in [0.717, 1.165) is 6.07 Å². The number of hydrogen-bond donors (Lipinski definition) is 2. The van der Waals surface area contributed by atoms with Gasteiger partial charge in [0, 0.05) is 18.0 Å². The number of carbonyl (C=O) groups is 1. The van der Waals surface area contributed by atoms with Gasteiger partial charge in [-0.3, -0.25) is 4.79 Å². The predicted molar refractivity (Wildman–Crippen MR) is 64.4 cm³/mol. The first kappa shape index (κ1) is 14.8. The van der Waals surface area contributed by atoms with Gasteiger partial charge < -0.3 is 15.6 Å².